The Bertz CT molecular complexity index is 819. The van der Waals surface area contributed by atoms with E-state index in [0.717, 1.165) is 5.56 Å². The topological polar surface area (TPSA) is 85.5 Å². The van der Waals surface area contributed by atoms with Gasteiger partial charge in [0.15, 0.2) is 6.61 Å². The third-order valence-corrected chi connectivity index (χ3v) is 3.78. The fourth-order valence-electron chi connectivity index (χ4n) is 2.60. The van der Waals surface area contributed by atoms with E-state index in [1.54, 1.807) is 39.0 Å². The summed E-state index contributed by atoms with van der Waals surface area (Å²) in [4.78, 5) is 39.2. The number of ether oxygens (including phenoxy) is 2. The van der Waals surface area contributed by atoms with E-state index in [9.17, 15) is 14.4 Å². The van der Waals surface area contributed by atoms with E-state index in [-0.39, 0.29) is 12.3 Å². The lowest BCUT2D eigenvalue weighted by Crippen LogP contribution is -2.15. The quantitative estimate of drug-likeness (QED) is 0.643. The third-order valence-electron chi connectivity index (χ3n) is 3.78. The summed E-state index contributed by atoms with van der Waals surface area (Å²) in [6, 6.07) is 6.93. The average molecular weight is 343 g/mol. The molecule has 2 aromatic rings. The van der Waals surface area contributed by atoms with Crippen LogP contribution in [-0.4, -0.2) is 35.9 Å². The minimum atomic E-state index is -0.566. The molecule has 0 aliphatic carbocycles. The molecule has 6 heteroatoms. The molecule has 0 saturated carbocycles. The first-order valence-corrected chi connectivity index (χ1v) is 7.98. The Morgan fingerprint density at radius 2 is 1.76 bits per heavy atom. The number of benzene rings is 1. The lowest BCUT2D eigenvalue weighted by atomic mass is 10.1. The van der Waals surface area contributed by atoms with E-state index in [2.05, 4.69) is 4.98 Å². The van der Waals surface area contributed by atoms with Crippen molar-refractivity contribution in [2.75, 3.05) is 13.2 Å². The van der Waals surface area contributed by atoms with Crippen molar-refractivity contribution in [3.63, 3.8) is 0 Å². The maximum absolute atomic E-state index is 12.4. The molecule has 1 N–H and O–H groups in total. The van der Waals surface area contributed by atoms with Gasteiger partial charge in [-0.05, 0) is 45.4 Å². The highest BCUT2D eigenvalue weighted by molar-refractivity contribution is 6.03. The number of Topliss-reactive ketones (excluding diaryl/α,β-unsaturated/α-hetero) is 1. The molecule has 0 unspecified atom stereocenters. The third kappa shape index (κ3) is 4.15. The van der Waals surface area contributed by atoms with E-state index in [1.165, 1.54) is 0 Å². The predicted molar refractivity (Wildman–Crippen MR) is 92.0 cm³/mol. The van der Waals surface area contributed by atoms with Crippen molar-refractivity contribution in [3.05, 3.63) is 57.9 Å². The van der Waals surface area contributed by atoms with Crippen LogP contribution in [0.3, 0.4) is 0 Å². The van der Waals surface area contributed by atoms with Crippen LogP contribution in [0.2, 0.25) is 0 Å². The second kappa shape index (κ2) is 7.79. The number of H-pyrrole nitrogens is 1. The van der Waals surface area contributed by atoms with Gasteiger partial charge in [-0.2, -0.15) is 0 Å². The van der Waals surface area contributed by atoms with Crippen molar-refractivity contribution < 1.29 is 23.9 Å². The van der Waals surface area contributed by atoms with Gasteiger partial charge in [0.2, 0.25) is 5.78 Å². The summed E-state index contributed by atoms with van der Waals surface area (Å²) >= 11 is 0. The minimum Gasteiger partial charge on any atom is -0.462 e. The van der Waals surface area contributed by atoms with Crippen molar-refractivity contribution in [3.8, 4) is 0 Å². The van der Waals surface area contributed by atoms with Crippen molar-refractivity contribution in [2.45, 2.75) is 27.7 Å². The number of rotatable bonds is 6. The summed E-state index contributed by atoms with van der Waals surface area (Å²) < 4.78 is 10.1. The van der Waals surface area contributed by atoms with Crippen LogP contribution in [-0.2, 0) is 9.47 Å². The highest BCUT2D eigenvalue weighted by atomic mass is 16.5. The molecule has 1 aromatic heterocycles. The fraction of sp³-hybridized carbons (Fsp3) is 0.316. The molecule has 0 aliphatic heterocycles. The number of nitrogens with one attached hydrogen (secondary N) is 1. The number of hydrogen-bond donors (Lipinski definition) is 1. The molecule has 0 atom stereocenters. The fourth-order valence-corrected chi connectivity index (χ4v) is 2.60. The molecule has 1 heterocycles. The Morgan fingerprint density at radius 1 is 1.04 bits per heavy atom. The highest BCUT2D eigenvalue weighted by Gasteiger charge is 2.23. The first kappa shape index (κ1) is 18.4. The zero-order valence-electron chi connectivity index (χ0n) is 14.8. The molecule has 0 spiro atoms. The molecular formula is C19H21NO5. The second-order valence-corrected chi connectivity index (χ2v) is 5.71. The van der Waals surface area contributed by atoms with Gasteiger partial charge in [0, 0.05) is 5.69 Å². The zero-order valence-corrected chi connectivity index (χ0v) is 14.8. The summed E-state index contributed by atoms with van der Waals surface area (Å²) in [5, 5.41) is 0. The Balaban J connectivity index is 2.10. The van der Waals surface area contributed by atoms with E-state index in [0.29, 0.717) is 22.4 Å². The van der Waals surface area contributed by atoms with Crippen molar-refractivity contribution in [1.29, 1.82) is 0 Å². The van der Waals surface area contributed by atoms with Gasteiger partial charge in [0.1, 0.15) is 0 Å². The zero-order chi connectivity index (χ0) is 18.6. The normalized spacial score (nSPS) is 10.4. The number of aromatic nitrogens is 1. The molecule has 0 bridgehead atoms. The Hall–Kier alpha value is -2.89. The molecule has 25 heavy (non-hydrogen) atoms. The van der Waals surface area contributed by atoms with Crippen LogP contribution in [0.5, 0.6) is 0 Å². The smallest absolute Gasteiger partial charge is 0.340 e. The maximum atomic E-state index is 12.4. The lowest BCUT2D eigenvalue weighted by molar-refractivity contribution is 0.0472. The molecule has 2 rings (SSSR count). The van der Waals surface area contributed by atoms with E-state index in [4.69, 9.17) is 9.47 Å². The summed E-state index contributed by atoms with van der Waals surface area (Å²) in [5.74, 6) is -1.45. The van der Waals surface area contributed by atoms with Crippen LogP contribution in [0.1, 0.15) is 54.9 Å². The number of aromatic amines is 1. The molecule has 132 valence electrons. The van der Waals surface area contributed by atoms with Crippen molar-refractivity contribution >= 4 is 17.7 Å². The molecule has 0 radical (unpaired) electrons. The van der Waals surface area contributed by atoms with Gasteiger partial charge in [0.05, 0.1) is 23.4 Å². The van der Waals surface area contributed by atoms with Crippen molar-refractivity contribution in [1.82, 2.24) is 4.98 Å². The summed E-state index contributed by atoms with van der Waals surface area (Å²) in [7, 11) is 0. The maximum Gasteiger partial charge on any atom is 0.340 e. The van der Waals surface area contributed by atoms with E-state index in [1.807, 2.05) is 13.0 Å². The number of hydrogen-bond acceptors (Lipinski definition) is 5. The average Bonchev–Trinajstić information content (AvgIpc) is 2.87. The van der Waals surface area contributed by atoms with E-state index >= 15 is 0 Å². The molecule has 0 saturated heterocycles. The first-order valence-electron chi connectivity index (χ1n) is 7.98. The van der Waals surface area contributed by atoms with Crippen LogP contribution in [0.25, 0.3) is 0 Å². The van der Waals surface area contributed by atoms with Crippen LogP contribution >= 0.6 is 0 Å². The number of ketones is 1. The number of carbonyl (C=O) groups is 3. The SMILES string of the molecule is CCOC(=O)c1c(C)[nH]c(C(=O)COC(=O)c2cccc(C)c2)c1C. The Morgan fingerprint density at radius 3 is 2.40 bits per heavy atom. The highest BCUT2D eigenvalue weighted by Crippen LogP contribution is 2.19. The summed E-state index contributed by atoms with van der Waals surface area (Å²) in [6.45, 7) is 6.77. The van der Waals surface area contributed by atoms with Gasteiger partial charge < -0.3 is 14.5 Å². The van der Waals surface area contributed by atoms with Gasteiger partial charge >= 0.3 is 11.9 Å². The Labute approximate surface area is 146 Å². The largest absolute Gasteiger partial charge is 0.462 e. The second-order valence-electron chi connectivity index (χ2n) is 5.71. The van der Waals surface area contributed by atoms with Gasteiger partial charge in [0.25, 0.3) is 0 Å². The van der Waals surface area contributed by atoms with Crippen molar-refractivity contribution in [2.24, 2.45) is 0 Å². The number of esters is 2. The van der Waals surface area contributed by atoms with Gasteiger partial charge in [-0.1, -0.05) is 17.7 Å². The number of aryl methyl sites for hydroxylation is 2. The van der Waals surface area contributed by atoms with Gasteiger partial charge in [-0.15, -0.1) is 0 Å². The van der Waals surface area contributed by atoms with Crippen LogP contribution < -0.4 is 0 Å². The minimum absolute atomic E-state index is 0.248. The standard InChI is InChI=1S/C19H21NO5/c1-5-24-19(23)16-12(3)17(20-13(16)4)15(21)10-25-18(22)14-8-6-7-11(2)9-14/h6-9,20H,5,10H2,1-4H3. The Kier molecular flexibility index (Phi) is 5.75. The van der Waals surface area contributed by atoms with Gasteiger partial charge in [-0.3, -0.25) is 4.79 Å². The molecular weight excluding hydrogens is 322 g/mol. The van der Waals surface area contributed by atoms with E-state index < -0.39 is 24.3 Å². The lowest BCUT2D eigenvalue weighted by Gasteiger charge is -2.05. The van der Waals surface area contributed by atoms with Crippen LogP contribution in [0.4, 0.5) is 0 Å². The summed E-state index contributed by atoms with van der Waals surface area (Å²) in [5.41, 5.74) is 2.94. The predicted octanol–water partition coefficient (Wildman–Crippen LogP) is 3.16. The van der Waals surface area contributed by atoms with Crippen LogP contribution in [0, 0.1) is 20.8 Å². The molecule has 1 aromatic carbocycles. The first-order chi connectivity index (χ1) is 11.8. The summed E-state index contributed by atoms with van der Waals surface area (Å²) in [6.07, 6.45) is 0. The molecule has 0 aliphatic rings. The van der Waals surface area contributed by atoms with Gasteiger partial charge in [-0.25, -0.2) is 9.59 Å². The molecule has 0 fully saturated rings. The molecule has 0 amide bonds. The van der Waals surface area contributed by atoms with Crippen LogP contribution in [0.15, 0.2) is 24.3 Å². The monoisotopic (exact) mass is 343 g/mol. The number of carbonyl (C=O) groups excluding carboxylic acids is 3. The molecule has 6 nitrogen and oxygen atoms in total.